The number of nitrogens with one attached hydrogen (secondary N) is 1. The number of rotatable bonds is 6. The van der Waals surface area contributed by atoms with Gasteiger partial charge in [-0.3, -0.25) is 0 Å². The SMILES string of the molecule is CCN(CC(C)CN)C(=O)NCc1ccccc1. The molecule has 0 aliphatic heterocycles. The van der Waals surface area contributed by atoms with Gasteiger partial charge in [0.2, 0.25) is 0 Å². The van der Waals surface area contributed by atoms with Crippen molar-refractivity contribution >= 4 is 6.03 Å². The monoisotopic (exact) mass is 249 g/mol. The smallest absolute Gasteiger partial charge is 0.317 e. The van der Waals surface area contributed by atoms with Crippen LogP contribution < -0.4 is 11.1 Å². The Bertz CT molecular complexity index is 353. The molecule has 1 atom stereocenters. The molecule has 4 heteroatoms. The van der Waals surface area contributed by atoms with Crippen molar-refractivity contribution in [2.75, 3.05) is 19.6 Å². The molecule has 1 unspecified atom stereocenters. The second kappa shape index (κ2) is 7.71. The molecule has 0 spiro atoms. The molecule has 0 saturated heterocycles. The van der Waals surface area contributed by atoms with Gasteiger partial charge in [0.15, 0.2) is 0 Å². The lowest BCUT2D eigenvalue weighted by Gasteiger charge is -2.24. The molecule has 0 heterocycles. The van der Waals surface area contributed by atoms with Crippen LogP contribution in [0.5, 0.6) is 0 Å². The van der Waals surface area contributed by atoms with Gasteiger partial charge >= 0.3 is 6.03 Å². The quantitative estimate of drug-likeness (QED) is 0.808. The van der Waals surface area contributed by atoms with Crippen molar-refractivity contribution < 1.29 is 4.79 Å². The third-order valence-electron chi connectivity index (χ3n) is 2.89. The largest absolute Gasteiger partial charge is 0.334 e. The van der Waals surface area contributed by atoms with Crippen LogP contribution in [0.3, 0.4) is 0 Å². The van der Waals surface area contributed by atoms with Gasteiger partial charge in [0, 0.05) is 19.6 Å². The fourth-order valence-corrected chi connectivity index (χ4v) is 1.69. The fraction of sp³-hybridized carbons (Fsp3) is 0.500. The zero-order chi connectivity index (χ0) is 13.4. The van der Waals surface area contributed by atoms with Gasteiger partial charge in [-0.1, -0.05) is 37.3 Å². The number of nitrogens with zero attached hydrogens (tertiary/aromatic N) is 1. The van der Waals surface area contributed by atoms with Crippen molar-refractivity contribution in [3.63, 3.8) is 0 Å². The van der Waals surface area contributed by atoms with E-state index in [1.165, 1.54) is 0 Å². The van der Waals surface area contributed by atoms with Crippen molar-refractivity contribution in [1.29, 1.82) is 0 Å². The lowest BCUT2D eigenvalue weighted by molar-refractivity contribution is 0.192. The minimum Gasteiger partial charge on any atom is -0.334 e. The number of hydrogen-bond donors (Lipinski definition) is 2. The van der Waals surface area contributed by atoms with Crippen LogP contribution >= 0.6 is 0 Å². The number of urea groups is 1. The highest BCUT2D eigenvalue weighted by atomic mass is 16.2. The van der Waals surface area contributed by atoms with E-state index in [1.807, 2.05) is 44.2 Å². The van der Waals surface area contributed by atoms with Crippen LogP contribution in [0.1, 0.15) is 19.4 Å². The summed E-state index contributed by atoms with van der Waals surface area (Å²) in [6, 6.07) is 9.87. The zero-order valence-corrected chi connectivity index (χ0v) is 11.2. The summed E-state index contributed by atoms with van der Waals surface area (Å²) in [5, 5.41) is 2.93. The number of nitrogens with two attached hydrogens (primary N) is 1. The number of carbonyl (C=O) groups is 1. The maximum atomic E-state index is 12.0. The van der Waals surface area contributed by atoms with Crippen LogP contribution in [0.4, 0.5) is 4.79 Å². The summed E-state index contributed by atoms with van der Waals surface area (Å²) >= 11 is 0. The maximum absolute atomic E-state index is 12.0. The van der Waals surface area contributed by atoms with Gasteiger partial charge in [0.25, 0.3) is 0 Å². The van der Waals surface area contributed by atoms with Crippen molar-refractivity contribution in [2.45, 2.75) is 20.4 Å². The van der Waals surface area contributed by atoms with Gasteiger partial charge in [-0.05, 0) is 24.9 Å². The summed E-state index contributed by atoms with van der Waals surface area (Å²) in [6.45, 7) is 6.59. The standard InChI is InChI=1S/C14H23N3O/c1-3-17(11-12(2)9-15)14(18)16-10-13-7-5-4-6-8-13/h4-8,12H,3,9-11,15H2,1-2H3,(H,16,18). The van der Waals surface area contributed by atoms with Crippen molar-refractivity contribution in [1.82, 2.24) is 10.2 Å². The van der Waals surface area contributed by atoms with E-state index >= 15 is 0 Å². The predicted molar refractivity (Wildman–Crippen MR) is 74.1 cm³/mol. The molecule has 0 saturated carbocycles. The lowest BCUT2D eigenvalue weighted by Crippen LogP contribution is -2.42. The Morgan fingerprint density at radius 2 is 2.06 bits per heavy atom. The first kappa shape index (κ1) is 14.5. The van der Waals surface area contributed by atoms with Crippen molar-refractivity contribution in [3.8, 4) is 0 Å². The molecule has 0 fully saturated rings. The highest BCUT2D eigenvalue weighted by molar-refractivity contribution is 5.74. The molecule has 0 radical (unpaired) electrons. The predicted octanol–water partition coefficient (Wildman–Crippen LogP) is 1.81. The normalized spacial score (nSPS) is 11.9. The second-order valence-electron chi connectivity index (χ2n) is 4.52. The Morgan fingerprint density at radius 1 is 1.39 bits per heavy atom. The first-order valence-electron chi connectivity index (χ1n) is 6.44. The van der Waals surface area contributed by atoms with Crippen molar-refractivity contribution in [2.24, 2.45) is 11.7 Å². The molecule has 3 N–H and O–H groups in total. The van der Waals surface area contributed by atoms with Gasteiger partial charge in [0.1, 0.15) is 0 Å². The molecular formula is C14H23N3O. The summed E-state index contributed by atoms with van der Waals surface area (Å²) in [6.07, 6.45) is 0. The molecule has 1 aromatic carbocycles. The van der Waals surface area contributed by atoms with Gasteiger partial charge < -0.3 is 16.0 Å². The third-order valence-corrected chi connectivity index (χ3v) is 2.89. The molecule has 0 aliphatic rings. The number of amides is 2. The molecule has 0 aliphatic carbocycles. The Kier molecular flexibility index (Phi) is 6.22. The zero-order valence-electron chi connectivity index (χ0n) is 11.2. The minimum atomic E-state index is -0.0262. The number of benzene rings is 1. The van der Waals surface area contributed by atoms with Crippen LogP contribution in [0.15, 0.2) is 30.3 Å². The average molecular weight is 249 g/mol. The topological polar surface area (TPSA) is 58.4 Å². The van der Waals surface area contributed by atoms with Gasteiger partial charge in [-0.15, -0.1) is 0 Å². The molecule has 100 valence electrons. The van der Waals surface area contributed by atoms with E-state index in [9.17, 15) is 4.79 Å². The van der Waals surface area contributed by atoms with E-state index in [-0.39, 0.29) is 6.03 Å². The van der Waals surface area contributed by atoms with E-state index in [2.05, 4.69) is 5.32 Å². The molecule has 0 bridgehead atoms. The first-order valence-corrected chi connectivity index (χ1v) is 6.44. The fourth-order valence-electron chi connectivity index (χ4n) is 1.69. The minimum absolute atomic E-state index is 0.0262. The average Bonchev–Trinajstić information content (AvgIpc) is 2.42. The number of carbonyl (C=O) groups excluding carboxylic acids is 1. The first-order chi connectivity index (χ1) is 8.67. The van der Waals surface area contributed by atoms with Crippen LogP contribution in [0.2, 0.25) is 0 Å². The Balaban J connectivity index is 2.43. The molecule has 4 nitrogen and oxygen atoms in total. The van der Waals surface area contributed by atoms with Crippen LogP contribution in [0, 0.1) is 5.92 Å². The summed E-state index contributed by atoms with van der Waals surface area (Å²) in [4.78, 5) is 13.8. The summed E-state index contributed by atoms with van der Waals surface area (Å²) in [5.74, 6) is 0.326. The highest BCUT2D eigenvalue weighted by Gasteiger charge is 2.13. The molecule has 0 aromatic heterocycles. The maximum Gasteiger partial charge on any atom is 0.317 e. The van der Waals surface area contributed by atoms with Crippen LogP contribution in [-0.2, 0) is 6.54 Å². The Morgan fingerprint density at radius 3 is 2.61 bits per heavy atom. The van der Waals surface area contributed by atoms with E-state index in [1.54, 1.807) is 4.90 Å². The van der Waals surface area contributed by atoms with E-state index < -0.39 is 0 Å². The van der Waals surface area contributed by atoms with Gasteiger partial charge in [-0.25, -0.2) is 4.79 Å². The third kappa shape index (κ3) is 4.75. The number of hydrogen-bond acceptors (Lipinski definition) is 2. The van der Waals surface area contributed by atoms with Crippen LogP contribution in [0.25, 0.3) is 0 Å². The summed E-state index contributed by atoms with van der Waals surface area (Å²) in [5.41, 5.74) is 6.69. The van der Waals surface area contributed by atoms with E-state index in [0.717, 1.165) is 5.56 Å². The highest BCUT2D eigenvalue weighted by Crippen LogP contribution is 2.01. The lowest BCUT2D eigenvalue weighted by atomic mass is 10.2. The molecule has 18 heavy (non-hydrogen) atoms. The molecular weight excluding hydrogens is 226 g/mol. The second-order valence-corrected chi connectivity index (χ2v) is 4.52. The summed E-state index contributed by atoms with van der Waals surface area (Å²) < 4.78 is 0. The van der Waals surface area contributed by atoms with E-state index in [4.69, 9.17) is 5.73 Å². The van der Waals surface area contributed by atoms with E-state index in [0.29, 0.717) is 32.1 Å². The van der Waals surface area contributed by atoms with Crippen molar-refractivity contribution in [3.05, 3.63) is 35.9 Å². The van der Waals surface area contributed by atoms with Gasteiger partial charge in [0.05, 0.1) is 0 Å². The Labute approximate surface area is 109 Å². The Hall–Kier alpha value is -1.55. The van der Waals surface area contributed by atoms with Crippen LogP contribution in [-0.4, -0.2) is 30.6 Å². The summed E-state index contributed by atoms with van der Waals surface area (Å²) in [7, 11) is 0. The molecule has 1 rings (SSSR count). The van der Waals surface area contributed by atoms with Gasteiger partial charge in [-0.2, -0.15) is 0 Å². The molecule has 1 aromatic rings. The molecule has 2 amide bonds.